The summed E-state index contributed by atoms with van der Waals surface area (Å²) in [5, 5.41) is 0.467. The number of para-hydroxylation sites is 1. The van der Waals surface area contributed by atoms with Gasteiger partial charge in [0.25, 0.3) is 0 Å². The smallest absolute Gasteiger partial charge is 0.227 e. The molecule has 6 heteroatoms. The van der Waals surface area contributed by atoms with Crippen LogP contribution in [0.1, 0.15) is 12.0 Å². The number of halogens is 1. The van der Waals surface area contributed by atoms with Crippen molar-refractivity contribution in [2.24, 2.45) is 5.92 Å². The number of amides is 1. The molecule has 4 rings (SSSR count). The lowest BCUT2D eigenvalue weighted by Crippen LogP contribution is -2.26. The number of anilines is 1. The Labute approximate surface area is 154 Å². The third-order valence-corrected chi connectivity index (χ3v) is 5.88. The van der Waals surface area contributed by atoms with Crippen molar-refractivity contribution in [1.82, 2.24) is 4.98 Å². The van der Waals surface area contributed by atoms with Crippen LogP contribution in [0, 0.1) is 12.8 Å². The van der Waals surface area contributed by atoms with Crippen molar-refractivity contribution in [3.8, 4) is 10.6 Å². The van der Waals surface area contributed by atoms with Crippen LogP contribution in [0.4, 0.5) is 5.69 Å². The van der Waals surface area contributed by atoms with E-state index in [1.54, 1.807) is 16.2 Å². The number of hydrogen-bond donors (Lipinski definition) is 0. The van der Waals surface area contributed by atoms with E-state index in [0.717, 1.165) is 32.0 Å². The number of nitrogens with zero attached hydrogens (tertiary/aromatic N) is 2. The largest absolute Gasteiger partial charge is 0.311 e. The standard InChI is InChI=1S/C19H15ClN2O2S/c1-11-6-7-12(19-21-14-4-2-3-5-16(14)25-19)8-15(11)22-10-13(18(20)24)9-17(22)23/h2-8,13H,9-10H2,1H3/t13-/m0/s1. The summed E-state index contributed by atoms with van der Waals surface area (Å²) in [7, 11) is 0. The Bertz CT molecular complexity index is 965. The highest BCUT2D eigenvalue weighted by Crippen LogP contribution is 2.35. The van der Waals surface area contributed by atoms with E-state index in [2.05, 4.69) is 4.98 Å². The van der Waals surface area contributed by atoms with Crippen LogP contribution in [0.25, 0.3) is 20.8 Å². The average Bonchev–Trinajstić information content (AvgIpc) is 3.19. The van der Waals surface area contributed by atoms with Crippen LogP contribution in [0.15, 0.2) is 42.5 Å². The summed E-state index contributed by atoms with van der Waals surface area (Å²) in [6, 6.07) is 14.0. The summed E-state index contributed by atoms with van der Waals surface area (Å²) in [5.74, 6) is -0.497. The Morgan fingerprint density at radius 3 is 2.80 bits per heavy atom. The first-order chi connectivity index (χ1) is 12.0. The molecule has 1 amide bonds. The molecule has 25 heavy (non-hydrogen) atoms. The minimum Gasteiger partial charge on any atom is -0.311 e. The predicted molar refractivity (Wildman–Crippen MR) is 101 cm³/mol. The number of carbonyl (C=O) groups excluding carboxylic acids is 2. The number of fused-ring (bicyclic) bond motifs is 1. The number of benzene rings is 2. The van der Waals surface area contributed by atoms with Crippen LogP contribution in [0.2, 0.25) is 0 Å². The van der Waals surface area contributed by atoms with Gasteiger partial charge in [0.15, 0.2) is 0 Å². The number of carbonyl (C=O) groups is 2. The average molecular weight is 371 g/mol. The maximum Gasteiger partial charge on any atom is 0.227 e. The highest BCUT2D eigenvalue weighted by atomic mass is 35.5. The van der Waals surface area contributed by atoms with Gasteiger partial charge in [-0.1, -0.05) is 24.3 Å². The molecule has 0 aliphatic carbocycles. The van der Waals surface area contributed by atoms with Crippen molar-refractivity contribution >= 4 is 50.0 Å². The highest BCUT2D eigenvalue weighted by molar-refractivity contribution is 7.21. The van der Waals surface area contributed by atoms with E-state index < -0.39 is 11.2 Å². The van der Waals surface area contributed by atoms with Crippen molar-refractivity contribution < 1.29 is 9.59 Å². The van der Waals surface area contributed by atoms with Crippen LogP contribution in [-0.2, 0) is 9.59 Å². The Morgan fingerprint density at radius 2 is 2.08 bits per heavy atom. The lowest BCUT2D eigenvalue weighted by Gasteiger charge is -2.19. The van der Waals surface area contributed by atoms with Gasteiger partial charge in [-0.3, -0.25) is 9.59 Å². The maximum absolute atomic E-state index is 12.3. The zero-order chi connectivity index (χ0) is 17.6. The molecule has 0 saturated carbocycles. The number of hydrogen-bond acceptors (Lipinski definition) is 4. The first kappa shape index (κ1) is 16.2. The predicted octanol–water partition coefficient (Wildman–Crippen LogP) is 4.39. The van der Waals surface area contributed by atoms with Gasteiger partial charge >= 0.3 is 0 Å². The van der Waals surface area contributed by atoms with E-state index in [1.807, 2.05) is 49.4 Å². The normalized spacial score (nSPS) is 17.4. The fourth-order valence-corrected chi connectivity index (χ4v) is 4.23. The van der Waals surface area contributed by atoms with E-state index in [-0.39, 0.29) is 12.3 Å². The number of aromatic nitrogens is 1. The molecule has 0 N–H and O–H groups in total. The van der Waals surface area contributed by atoms with Gasteiger partial charge in [0, 0.05) is 24.2 Å². The lowest BCUT2D eigenvalue weighted by atomic mass is 10.1. The molecule has 1 aliphatic heterocycles. The number of aryl methyl sites for hydroxylation is 1. The molecule has 0 unspecified atom stereocenters. The minimum atomic E-state index is -0.448. The Hall–Kier alpha value is -2.24. The SMILES string of the molecule is Cc1ccc(-c2nc3ccccc3s2)cc1N1C[C@@H](C(=O)Cl)CC1=O. The lowest BCUT2D eigenvalue weighted by molar-refractivity contribution is -0.120. The van der Waals surface area contributed by atoms with E-state index in [9.17, 15) is 9.59 Å². The van der Waals surface area contributed by atoms with Crippen molar-refractivity contribution in [2.45, 2.75) is 13.3 Å². The summed E-state index contributed by atoms with van der Waals surface area (Å²) in [6.45, 7) is 2.30. The molecule has 2 heterocycles. The van der Waals surface area contributed by atoms with Gasteiger partial charge in [0.05, 0.1) is 16.1 Å². The quantitative estimate of drug-likeness (QED) is 0.642. The van der Waals surface area contributed by atoms with Gasteiger partial charge in [-0.25, -0.2) is 4.98 Å². The van der Waals surface area contributed by atoms with E-state index in [0.29, 0.717) is 6.54 Å². The second kappa shape index (κ2) is 6.24. The topological polar surface area (TPSA) is 50.3 Å². The Morgan fingerprint density at radius 1 is 1.28 bits per heavy atom. The van der Waals surface area contributed by atoms with Gasteiger partial charge in [-0.2, -0.15) is 0 Å². The second-order valence-corrected chi connectivity index (χ2v) is 7.60. The molecule has 1 aliphatic rings. The monoisotopic (exact) mass is 370 g/mol. The maximum atomic E-state index is 12.3. The summed E-state index contributed by atoms with van der Waals surface area (Å²) >= 11 is 7.21. The second-order valence-electron chi connectivity index (χ2n) is 6.20. The van der Waals surface area contributed by atoms with Crippen LogP contribution in [0.3, 0.4) is 0 Å². The van der Waals surface area contributed by atoms with Crippen molar-refractivity contribution in [2.75, 3.05) is 11.4 Å². The first-order valence-corrected chi connectivity index (χ1v) is 9.18. The highest BCUT2D eigenvalue weighted by Gasteiger charge is 2.35. The molecule has 1 aromatic heterocycles. The summed E-state index contributed by atoms with van der Waals surface area (Å²) < 4.78 is 1.13. The summed E-state index contributed by atoms with van der Waals surface area (Å²) in [5.41, 5.74) is 3.74. The molecule has 1 fully saturated rings. The van der Waals surface area contributed by atoms with Gasteiger partial charge in [-0.15, -0.1) is 11.3 Å². The fraction of sp³-hybridized carbons (Fsp3) is 0.211. The molecule has 4 nitrogen and oxygen atoms in total. The van der Waals surface area contributed by atoms with E-state index in [1.165, 1.54) is 0 Å². The molecular formula is C19H15ClN2O2S. The third kappa shape index (κ3) is 2.94. The molecule has 0 radical (unpaired) electrons. The van der Waals surface area contributed by atoms with Gasteiger partial charge in [0.2, 0.25) is 11.1 Å². The Balaban J connectivity index is 1.74. The zero-order valence-electron chi connectivity index (χ0n) is 13.5. The summed E-state index contributed by atoms with van der Waals surface area (Å²) in [6.07, 6.45) is 0.174. The van der Waals surface area contributed by atoms with Crippen LogP contribution < -0.4 is 4.90 Å². The fourth-order valence-electron chi connectivity index (χ4n) is 3.12. The number of thiazole rings is 1. The van der Waals surface area contributed by atoms with Gasteiger partial charge in [0.1, 0.15) is 5.01 Å². The van der Waals surface area contributed by atoms with Crippen molar-refractivity contribution in [3.05, 3.63) is 48.0 Å². The molecule has 1 saturated heterocycles. The minimum absolute atomic E-state index is 0.0662. The molecule has 0 bridgehead atoms. The molecule has 0 spiro atoms. The van der Waals surface area contributed by atoms with Crippen molar-refractivity contribution in [1.29, 1.82) is 0 Å². The molecule has 3 aromatic rings. The van der Waals surface area contributed by atoms with Gasteiger partial charge in [-0.05, 0) is 42.3 Å². The van der Waals surface area contributed by atoms with Crippen LogP contribution in [-0.4, -0.2) is 22.7 Å². The van der Waals surface area contributed by atoms with Crippen LogP contribution >= 0.6 is 22.9 Å². The molecule has 1 atom stereocenters. The van der Waals surface area contributed by atoms with Gasteiger partial charge < -0.3 is 4.90 Å². The summed E-state index contributed by atoms with van der Waals surface area (Å²) in [4.78, 5) is 30.1. The van der Waals surface area contributed by atoms with E-state index in [4.69, 9.17) is 11.6 Å². The third-order valence-electron chi connectivity index (χ3n) is 4.49. The first-order valence-electron chi connectivity index (χ1n) is 7.99. The molecular weight excluding hydrogens is 356 g/mol. The Kier molecular flexibility index (Phi) is 4.06. The molecule has 2 aromatic carbocycles. The van der Waals surface area contributed by atoms with Crippen molar-refractivity contribution in [3.63, 3.8) is 0 Å². The van der Waals surface area contributed by atoms with Crippen LogP contribution in [0.5, 0.6) is 0 Å². The molecule has 126 valence electrons. The zero-order valence-corrected chi connectivity index (χ0v) is 15.1. The van der Waals surface area contributed by atoms with E-state index >= 15 is 0 Å². The number of rotatable bonds is 3.